The molecular formula is C9H12N4O. The van der Waals surface area contributed by atoms with Crippen LogP contribution >= 0.6 is 0 Å². The van der Waals surface area contributed by atoms with E-state index in [0.717, 1.165) is 11.6 Å². The summed E-state index contributed by atoms with van der Waals surface area (Å²) in [4.78, 5) is 0. The van der Waals surface area contributed by atoms with Crippen LogP contribution in [-0.4, -0.2) is 20.2 Å². The van der Waals surface area contributed by atoms with Crippen molar-refractivity contribution in [1.82, 2.24) is 20.2 Å². The molecule has 0 atom stereocenters. The molecule has 0 saturated heterocycles. The van der Waals surface area contributed by atoms with Gasteiger partial charge in [-0.25, -0.2) is 4.68 Å². The lowest BCUT2D eigenvalue weighted by molar-refractivity contribution is 0.465. The summed E-state index contributed by atoms with van der Waals surface area (Å²) in [5.41, 5.74) is 0. The molecule has 0 saturated carbocycles. The zero-order chi connectivity index (χ0) is 9.97. The molecule has 0 N–H and O–H groups in total. The van der Waals surface area contributed by atoms with E-state index in [1.165, 1.54) is 0 Å². The first-order valence-corrected chi connectivity index (χ1v) is 4.56. The smallest absolute Gasteiger partial charge is 0.154 e. The Bertz CT molecular complexity index is 391. The normalized spacial score (nSPS) is 11.1. The van der Waals surface area contributed by atoms with Crippen molar-refractivity contribution >= 4 is 0 Å². The standard InChI is InChI=1S/C9H12N4O/c1-7(2)9-10-11-12-13(9)6-8-4-3-5-14-8/h3-5,7H,6H2,1-2H3. The van der Waals surface area contributed by atoms with E-state index in [-0.39, 0.29) is 0 Å². The molecular weight excluding hydrogens is 180 g/mol. The molecule has 5 heteroatoms. The Labute approximate surface area is 81.7 Å². The largest absolute Gasteiger partial charge is 0.467 e. The number of aromatic nitrogens is 4. The minimum Gasteiger partial charge on any atom is -0.467 e. The van der Waals surface area contributed by atoms with E-state index in [1.54, 1.807) is 10.9 Å². The van der Waals surface area contributed by atoms with Crippen LogP contribution in [0.1, 0.15) is 31.4 Å². The van der Waals surface area contributed by atoms with Gasteiger partial charge < -0.3 is 4.42 Å². The molecule has 0 aliphatic heterocycles. The van der Waals surface area contributed by atoms with Crippen molar-refractivity contribution in [3.8, 4) is 0 Å². The molecule has 0 aromatic carbocycles. The van der Waals surface area contributed by atoms with E-state index in [1.807, 2.05) is 12.1 Å². The van der Waals surface area contributed by atoms with Crippen LogP contribution in [0.15, 0.2) is 22.8 Å². The molecule has 0 fully saturated rings. The third kappa shape index (κ3) is 1.66. The zero-order valence-electron chi connectivity index (χ0n) is 8.21. The van der Waals surface area contributed by atoms with Gasteiger partial charge >= 0.3 is 0 Å². The van der Waals surface area contributed by atoms with E-state index in [2.05, 4.69) is 29.4 Å². The van der Waals surface area contributed by atoms with Gasteiger partial charge in [-0.15, -0.1) is 5.10 Å². The third-order valence-corrected chi connectivity index (χ3v) is 1.96. The lowest BCUT2D eigenvalue weighted by atomic mass is 10.2. The second-order valence-electron chi connectivity index (χ2n) is 3.43. The summed E-state index contributed by atoms with van der Waals surface area (Å²) in [7, 11) is 0. The number of hydrogen-bond acceptors (Lipinski definition) is 4. The van der Waals surface area contributed by atoms with Gasteiger partial charge in [-0.2, -0.15) is 0 Å². The van der Waals surface area contributed by atoms with Crippen molar-refractivity contribution in [3.05, 3.63) is 30.0 Å². The first-order chi connectivity index (χ1) is 6.77. The second-order valence-corrected chi connectivity index (χ2v) is 3.43. The van der Waals surface area contributed by atoms with E-state index in [4.69, 9.17) is 4.42 Å². The Hall–Kier alpha value is -1.65. The van der Waals surface area contributed by atoms with E-state index >= 15 is 0 Å². The van der Waals surface area contributed by atoms with Gasteiger partial charge in [-0.1, -0.05) is 13.8 Å². The summed E-state index contributed by atoms with van der Waals surface area (Å²) >= 11 is 0. The van der Waals surface area contributed by atoms with E-state index in [0.29, 0.717) is 12.5 Å². The fourth-order valence-electron chi connectivity index (χ4n) is 1.29. The van der Waals surface area contributed by atoms with Crippen molar-refractivity contribution in [2.45, 2.75) is 26.3 Å². The molecule has 74 valence electrons. The fourth-order valence-corrected chi connectivity index (χ4v) is 1.29. The Morgan fingerprint density at radius 1 is 1.50 bits per heavy atom. The van der Waals surface area contributed by atoms with Gasteiger partial charge in [0.2, 0.25) is 0 Å². The van der Waals surface area contributed by atoms with E-state index in [9.17, 15) is 0 Å². The minimum atomic E-state index is 0.319. The first kappa shape index (κ1) is 8.93. The molecule has 2 rings (SSSR count). The van der Waals surface area contributed by atoms with E-state index < -0.39 is 0 Å². The maximum Gasteiger partial charge on any atom is 0.154 e. The van der Waals surface area contributed by atoms with Gasteiger partial charge in [0.25, 0.3) is 0 Å². The topological polar surface area (TPSA) is 56.7 Å². The van der Waals surface area contributed by atoms with Crippen LogP contribution in [0.25, 0.3) is 0 Å². The average molecular weight is 192 g/mol. The Morgan fingerprint density at radius 2 is 2.36 bits per heavy atom. The fraction of sp³-hybridized carbons (Fsp3) is 0.444. The van der Waals surface area contributed by atoms with Gasteiger partial charge in [0.1, 0.15) is 12.3 Å². The lowest BCUT2D eigenvalue weighted by Crippen LogP contribution is -2.07. The van der Waals surface area contributed by atoms with Crippen LogP contribution in [0.4, 0.5) is 0 Å². The van der Waals surface area contributed by atoms with Gasteiger partial charge in [-0.3, -0.25) is 0 Å². The SMILES string of the molecule is CC(C)c1nnnn1Cc1ccco1. The minimum absolute atomic E-state index is 0.319. The highest BCUT2D eigenvalue weighted by Gasteiger charge is 2.10. The predicted molar refractivity (Wildman–Crippen MR) is 49.7 cm³/mol. The zero-order valence-corrected chi connectivity index (χ0v) is 8.21. The number of furan rings is 1. The van der Waals surface area contributed by atoms with Crippen LogP contribution < -0.4 is 0 Å². The molecule has 0 amide bonds. The van der Waals surface area contributed by atoms with Gasteiger partial charge in [0.05, 0.1) is 6.26 Å². The first-order valence-electron chi connectivity index (χ1n) is 4.56. The summed E-state index contributed by atoms with van der Waals surface area (Å²) in [6, 6.07) is 3.76. The molecule has 5 nitrogen and oxygen atoms in total. The maximum absolute atomic E-state index is 5.23. The van der Waals surface area contributed by atoms with Crippen molar-refractivity contribution in [2.24, 2.45) is 0 Å². The molecule has 0 unspecified atom stereocenters. The molecule has 0 radical (unpaired) electrons. The average Bonchev–Trinajstić information content (AvgIpc) is 2.75. The maximum atomic E-state index is 5.23. The van der Waals surface area contributed by atoms with Gasteiger partial charge in [-0.05, 0) is 22.6 Å². The quantitative estimate of drug-likeness (QED) is 0.738. The van der Waals surface area contributed by atoms with Crippen molar-refractivity contribution < 1.29 is 4.42 Å². The monoisotopic (exact) mass is 192 g/mol. The molecule has 14 heavy (non-hydrogen) atoms. The predicted octanol–water partition coefficient (Wildman–Crippen LogP) is 1.44. The summed E-state index contributed by atoms with van der Waals surface area (Å²) < 4.78 is 6.98. The van der Waals surface area contributed by atoms with Crippen molar-refractivity contribution in [2.75, 3.05) is 0 Å². The van der Waals surface area contributed by atoms with Crippen LogP contribution in [-0.2, 0) is 6.54 Å². The Morgan fingerprint density at radius 3 is 3.00 bits per heavy atom. The lowest BCUT2D eigenvalue weighted by Gasteiger charge is -2.04. The molecule has 2 aromatic rings. The Kier molecular flexibility index (Phi) is 2.30. The van der Waals surface area contributed by atoms with Crippen LogP contribution in [0.5, 0.6) is 0 Å². The molecule has 0 aliphatic carbocycles. The molecule has 0 aliphatic rings. The van der Waals surface area contributed by atoms with Crippen molar-refractivity contribution in [1.29, 1.82) is 0 Å². The highest BCUT2D eigenvalue weighted by Crippen LogP contribution is 2.11. The van der Waals surface area contributed by atoms with Gasteiger partial charge in [0, 0.05) is 5.92 Å². The second kappa shape index (κ2) is 3.61. The third-order valence-electron chi connectivity index (χ3n) is 1.96. The highest BCUT2D eigenvalue weighted by atomic mass is 16.3. The molecule has 0 spiro atoms. The molecule has 2 aromatic heterocycles. The number of hydrogen-bond donors (Lipinski definition) is 0. The molecule has 0 bridgehead atoms. The number of rotatable bonds is 3. The summed E-state index contributed by atoms with van der Waals surface area (Å²) in [5.74, 6) is 2.06. The summed E-state index contributed by atoms with van der Waals surface area (Å²) in [5, 5.41) is 11.5. The number of nitrogens with zero attached hydrogens (tertiary/aromatic N) is 4. The van der Waals surface area contributed by atoms with Crippen LogP contribution in [0.3, 0.4) is 0 Å². The summed E-state index contributed by atoms with van der Waals surface area (Å²) in [6.07, 6.45) is 1.65. The van der Waals surface area contributed by atoms with Crippen LogP contribution in [0, 0.1) is 0 Å². The van der Waals surface area contributed by atoms with Crippen molar-refractivity contribution in [3.63, 3.8) is 0 Å². The highest BCUT2D eigenvalue weighted by molar-refractivity contribution is 5.00. The Balaban J connectivity index is 2.21. The number of tetrazole rings is 1. The molecule has 2 heterocycles. The van der Waals surface area contributed by atoms with Crippen LogP contribution in [0.2, 0.25) is 0 Å². The summed E-state index contributed by atoms with van der Waals surface area (Å²) in [6.45, 7) is 4.71. The van der Waals surface area contributed by atoms with Gasteiger partial charge in [0.15, 0.2) is 5.82 Å².